The molecule has 0 saturated carbocycles. The third kappa shape index (κ3) is 3.37. The average molecular weight is 348 g/mol. The highest BCUT2D eigenvalue weighted by Gasteiger charge is 2.23. The van der Waals surface area contributed by atoms with Gasteiger partial charge in [0.25, 0.3) is 5.91 Å². The van der Waals surface area contributed by atoms with E-state index >= 15 is 0 Å². The first-order valence-electron chi connectivity index (χ1n) is 9.12. The number of benzene rings is 2. The van der Waals surface area contributed by atoms with E-state index < -0.39 is 0 Å². The zero-order valence-electron chi connectivity index (χ0n) is 15.3. The second-order valence-electron chi connectivity index (χ2n) is 7.35. The maximum Gasteiger partial charge on any atom is 0.253 e. The van der Waals surface area contributed by atoms with Crippen molar-refractivity contribution < 1.29 is 9.21 Å². The molecule has 2 heterocycles. The SMILES string of the molecule is CN1CC[C@@H](CN(C)C(=O)c2ccc(-c3ccc4occc4c3)cc2)C1. The number of amides is 1. The van der Waals surface area contributed by atoms with Crippen LogP contribution in [0.3, 0.4) is 0 Å². The van der Waals surface area contributed by atoms with Crippen LogP contribution in [0.1, 0.15) is 16.8 Å². The van der Waals surface area contributed by atoms with Crippen LogP contribution in [-0.2, 0) is 0 Å². The van der Waals surface area contributed by atoms with Crippen molar-refractivity contribution in [1.82, 2.24) is 9.80 Å². The minimum absolute atomic E-state index is 0.0939. The lowest BCUT2D eigenvalue weighted by Gasteiger charge is -2.21. The lowest BCUT2D eigenvalue weighted by molar-refractivity contribution is 0.0774. The summed E-state index contributed by atoms with van der Waals surface area (Å²) in [4.78, 5) is 16.9. The van der Waals surface area contributed by atoms with Gasteiger partial charge in [-0.3, -0.25) is 4.79 Å². The second-order valence-corrected chi connectivity index (χ2v) is 7.35. The predicted octanol–water partition coefficient (Wildman–Crippen LogP) is 4.12. The fourth-order valence-corrected chi connectivity index (χ4v) is 3.82. The van der Waals surface area contributed by atoms with Gasteiger partial charge in [0.1, 0.15) is 5.58 Å². The van der Waals surface area contributed by atoms with Gasteiger partial charge in [0.15, 0.2) is 0 Å². The van der Waals surface area contributed by atoms with E-state index in [0.717, 1.165) is 47.3 Å². The summed E-state index contributed by atoms with van der Waals surface area (Å²) in [5.41, 5.74) is 3.86. The zero-order chi connectivity index (χ0) is 18.1. The van der Waals surface area contributed by atoms with Crippen molar-refractivity contribution in [3.05, 3.63) is 60.4 Å². The van der Waals surface area contributed by atoms with Crippen molar-refractivity contribution in [2.75, 3.05) is 33.7 Å². The van der Waals surface area contributed by atoms with E-state index in [2.05, 4.69) is 18.0 Å². The third-order valence-electron chi connectivity index (χ3n) is 5.29. The van der Waals surface area contributed by atoms with Crippen LogP contribution in [0.15, 0.2) is 59.2 Å². The van der Waals surface area contributed by atoms with E-state index in [9.17, 15) is 4.79 Å². The Labute approximate surface area is 154 Å². The van der Waals surface area contributed by atoms with Crippen molar-refractivity contribution in [3.63, 3.8) is 0 Å². The molecule has 1 aliphatic rings. The Morgan fingerprint density at radius 3 is 2.65 bits per heavy atom. The largest absolute Gasteiger partial charge is 0.464 e. The molecule has 0 spiro atoms. The standard InChI is InChI=1S/C22H24N2O2/c1-23-11-9-16(14-23)15-24(2)22(25)18-5-3-17(4-6-18)19-7-8-21-20(13-19)10-12-26-21/h3-8,10,12-13,16H,9,11,14-15H2,1-2H3/t16-/m1/s1. The van der Waals surface area contributed by atoms with Gasteiger partial charge in [0, 0.05) is 31.1 Å². The van der Waals surface area contributed by atoms with Gasteiger partial charge < -0.3 is 14.2 Å². The molecule has 4 heteroatoms. The normalized spacial score (nSPS) is 17.7. The highest BCUT2D eigenvalue weighted by molar-refractivity contribution is 5.94. The van der Waals surface area contributed by atoms with Crippen molar-refractivity contribution >= 4 is 16.9 Å². The van der Waals surface area contributed by atoms with Crippen LogP contribution in [0.4, 0.5) is 0 Å². The molecule has 0 aliphatic carbocycles. The summed E-state index contributed by atoms with van der Waals surface area (Å²) in [6.07, 6.45) is 2.87. The molecule has 4 nitrogen and oxygen atoms in total. The fraction of sp³-hybridized carbons (Fsp3) is 0.318. The van der Waals surface area contributed by atoms with Crippen LogP contribution < -0.4 is 0 Å². The number of hydrogen-bond acceptors (Lipinski definition) is 3. The maximum absolute atomic E-state index is 12.7. The summed E-state index contributed by atoms with van der Waals surface area (Å²) >= 11 is 0. The Hall–Kier alpha value is -2.59. The molecule has 0 radical (unpaired) electrons. The number of furan rings is 1. The van der Waals surface area contributed by atoms with Gasteiger partial charge >= 0.3 is 0 Å². The number of carbonyl (C=O) groups excluding carboxylic acids is 1. The van der Waals surface area contributed by atoms with Gasteiger partial charge in [-0.05, 0) is 67.4 Å². The Morgan fingerprint density at radius 1 is 1.15 bits per heavy atom. The van der Waals surface area contributed by atoms with Crippen LogP contribution in [0, 0.1) is 5.92 Å². The topological polar surface area (TPSA) is 36.7 Å². The summed E-state index contributed by atoms with van der Waals surface area (Å²) < 4.78 is 5.39. The molecule has 1 aliphatic heterocycles. The molecule has 1 saturated heterocycles. The van der Waals surface area contributed by atoms with Gasteiger partial charge in [0.2, 0.25) is 0 Å². The number of carbonyl (C=O) groups is 1. The smallest absolute Gasteiger partial charge is 0.253 e. The summed E-state index contributed by atoms with van der Waals surface area (Å²) in [5, 5.41) is 1.09. The molecule has 1 atom stereocenters. The van der Waals surface area contributed by atoms with Gasteiger partial charge in [-0.15, -0.1) is 0 Å². The van der Waals surface area contributed by atoms with Gasteiger partial charge in [-0.1, -0.05) is 18.2 Å². The quantitative estimate of drug-likeness (QED) is 0.711. The Morgan fingerprint density at radius 2 is 1.92 bits per heavy atom. The lowest BCUT2D eigenvalue weighted by atomic mass is 10.0. The first-order chi connectivity index (χ1) is 12.6. The summed E-state index contributed by atoms with van der Waals surface area (Å²) in [6, 6.07) is 16.0. The molecule has 26 heavy (non-hydrogen) atoms. The van der Waals surface area contributed by atoms with E-state index in [1.807, 2.05) is 54.4 Å². The van der Waals surface area contributed by atoms with Crippen LogP contribution in [0.2, 0.25) is 0 Å². The molecule has 134 valence electrons. The van der Waals surface area contributed by atoms with E-state index in [4.69, 9.17) is 4.42 Å². The first-order valence-corrected chi connectivity index (χ1v) is 9.12. The Kier molecular flexibility index (Phi) is 4.51. The minimum Gasteiger partial charge on any atom is -0.464 e. The monoisotopic (exact) mass is 348 g/mol. The van der Waals surface area contributed by atoms with E-state index in [1.54, 1.807) is 6.26 Å². The van der Waals surface area contributed by atoms with Gasteiger partial charge in [-0.2, -0.15) is 0 Å². The number of hydrogen-bond donors (Lipinski definition) is 0. The molecular weight excluding hydrogens is 324 g/mol. The van der Waals surface area contributed by atoms with Crippen LogP contribution >= 0.6 is 0 Å². The summed E-state index contributed by atoms with van der Waals surface area (Å²) in [7, 11) is 4.04. The average Bonchev–Trinajstić information content (AvgIpc) is 3.29. The zero-order valence-corrected chi connectivity index (χ0v) is 15.3. The molecular formula is C22H24N2O2. The fourth-order valence-electron chi connectivity index (χ4n) is 3.82. The second kappa shape index (κ2) is 6.96. The van der Waals surface area contributed by atoms with Crippen molar-refractivity contribution in [2.24, 2.45) is 5.92 Å². The number of fused-ring (bicyclic) bond motifs is 1. The van der Waals surface area contributed by atoms with E-state index in [1.165, 1.54) is 6.42 Å². The molecule has 2 aromatic carbocycles. The molecule has 4 rings (SSSR count). The molecule has 1 amide bonds. The number of rotatable bonds is 4. The van der Waals surface area contributed by atoms with E-state index in [-0.39, 0.29) is 5.91 Å². The maximum atomic E-state index is 12.7. The minimum atomic E-state index is 0.0939. The van der Waals surface area contributed by atoms with E-state index in [0.29, 0.717) is 5.92 Å². The van der Waals surface area contributed by atoms with Crippen molar-refractivity contribution in [2.45, 2.75) is 6.42 Å². The Balaban J connectivity index is 1.47. The van der Waals surface area contributed by atoms with Crippen LogP contribution in [0.5, 0.6) is 0 Å². The molecule has 0 N–H and O–H groups in total. The molecule has 3 aromatic rings. The first kappa shape index (κ1) is 16.9. The van der Waals surface area contributed by atoms with Gasteiger partial charge in [0.05, 0.1) is 6.26 Å². The van der Waals surface area contributed by atoms with Crippen LogP contribution in [-0.4, -0.2) is 49.4 Å². The molecule has 1 aromatic heterocycles. The number of likely N-dealkylation sites (tertiary alicyclic amines) is 1. The number of nitrogens with zero attached hydrogens (tertiary/aromatic N) is 2. The Bertz CT molecular complexity index is 913. The molecule has 0 unspecified atom stereocenters. The van der Waals surface area contributed by atoms with Crippen LogP contribution in [0.25, 0.3) is 22.1 Å². The molecule has 0 bridgehead atoms. The van der Waals surface area contributed by atoms with Crippen molar-refractivity contribution in [3.8, 4) is 11.1 Å². The lowest BCUT2D eigenvalue weighted by Crippen LogP contribution is -2.32. The summed E-state index contributed by atoms with van der Waals surface area (Å²) in [6.45, 7) is 3.03. The highest BCUT2D eigenvalue weighted by Crippen LogP contribution is 2.25. The third-order valence-corrected chi connectivity index (χ3v) is 5.29. The molecule has 1 fully saturated rings. The van der Waals surface area contributed by atoms with Crippen molar-refractivity contribution in [1.29, 1.82) is 0 Å². The summed E-state index contributed by atoms with van der Waals surface area (Å²) in [5.74, 6) is 0.673. The van der Waals surface area contributed by atoms with Gasteiger partial charge in [-0.25, -0.2) is 0 Å². The highest BCUT2D eigenvalue weighted by atomic mass is 16.3. The predicted molar refractivity (Wildman–Crippen MR) is 104 cm³/mol.